The number of rotatable bonds is 4. The molecule has 1 N–H and O–H groups in total. The maximum atomic E-state index is 11.1. The molecule has 0 radical (unpaired) electrons. The standard InChI is InChI=1S/C13H19NO2S/c1-3-10-4-5-11(17-10)8-14-7-6-13(2,9-14)12(15)16/h4-5H,3,6-9H2,1-2H3,(H,15,16). The number of likely N-dealkylation sites (tertiary alicyclic amines) is 1. The molecule has 0 spiro atoms. The van der Waals surface area contributed by atoms with Crippen LogP contribution in [0.1, 0.15) is 30.0 Å². The monoisotopic (exact) mass is 253 g/mol. The van der Waals surface area contributed by atoms with Gasteiger partial charge in [-0.05, 0) is 38.4 Å². The van der Waals surface area contributed by atoms with Crippen LogP contribution in [0, 0.1) is 5.41 Å². The summed E-state index contributed by atoms with van der Waals surface area (Å²) in [5, 5.41) is 9.17. The van der Waals surface area contributed by atoms with Crippen molar-refractivity contribution in [1.82, 2.24) is 4.90 Å². The molecule has 0 saturated carbocycles. The zero-order valence-electron chi connectivity index (χ0n) is 10.4. The molecule has 4 heteroatoms. The van der Waals surface area contributed by atoms with Gasteiger partial charge in [0.15, 0.2) is 0 Å². The lowest BCUT2D eigenvalue weighted by Crippen LogP contribution is -2.31. The predicted octanol–water partition coefficient (Wildman–Crippen LogP) is 2.61. The van der Waals surface area contributed by atoms with Crippen molar-refractivity contribution < 1.29 is 9.90 Å². The zero-order valence-corrected chi connectivity index (χ0v) is 11.2. The van der Waals surface area contributed by atoms with E-state index in [9.17, 15) is 9.90 Å². The lowest BCUT2D eigenvalue weighted by Gasteiger charge is -2.19. The quantitative estimate of drug-likeness (QED) is 0.896. The molecule has 1 fully saturated rings. The number of aryl methyl sites for hydroxylation is 1. The third-order valence-electron chi connectivity index (χ3n) is 3.51. The summed E-state index contributed by atoms with van der Waals surface area (Å²) in [5.41, 5.74) is -0.551. The van der Waals surface area contributed by atoms with Crippen LogP contribution in [0.3, 0.4) is 0 Å². The molecule has 1 unspecified atom stereocenters. The molecule has 17 heavy (non-hydrogen) atoms. The van der Waals surface area contributed by atoms with Crippen LogP contribution < -0.4 is 0 Å². The Hall–Kier alpha value is -0.870. The van der Waals surface area contributed by atoms with E-state index in [1.165, 1.54) is 9.75 Å². The van der Waals surface area contributed by atoms with Gasteiger partial charge in [0.2, 0.25) is 0 Å². The van der Waals surface area contributed by atoms with Crippen molar-refractivity contribution in [3.05, 3.63) is 21.9 Å². The number of carboxylic acid groups (broad SMARTS) is 1. The van der Waals surface area contributed by atoms with Crippen molar-refractivity contribution in [3.8, 4) is 0 Å². The van der Waals surface area contributed by atoms with E-state index in [4.69, 9.17) is 0 Å². The SMILES string of the molecule is CCc1ccc(CN2CCC(C)(C(=O)O)C2)s1. The molecule has 0 amide bonds. The summed E-state index contributed by atoms with van der Waals surface area (Å²) in [7, 11) is 0. The van der Waals surface area contributed by atoms with Crippen LogP contribution in [-0.4, -0.2) is 29.1 Å². The molecular weight excluding hydrogens is 234 g/mol. The van der Waals surface area contributed by atoms with Gasteiger partial charge in [0, 0.05) is 22.8 Å². The fourth-order valence-electron chi connectivity index (χ4n) is 2.28. The van der Waals surface area contributed by atoms with E-state index in [0.717, 1.165) is 25.9 Å². The molecule has 94 valence electrons. The number of hydrogen-bond donors (Lipinski definition) is 1. The van der Waals surface area contributed by atoms with Gasteiger partial charge < -0.3 is 5.11 Å². The molecule has 0 aliphatic carbocycles. The van der Waals surface area contributed by atoms with Crippen molar-refractivity contribution >= 4 is 17.3 Å². The first-order valence-electron chi connectivity index (χ1n) is 6.07. The minimum absolute atomic E-state index is 0.551. The van der Waals surface area contributed by atoms with E-state index in [2.05, 4.69) is 24.0 Å². The van der Waals surface area contributed by atoms with Gasteiger partial charge in [0.1, 0.15) is 0 Å². The Morgan fingerprint density at radius 1 is 1.53 bits per heavy atom. The highest BCUT2D eigenvalue weighted by Crippen LogP contribution is 2.31. The Morgan fingerprint density at radius 2 is 2.24 bits per heavy atom. The zero-order chi connectivity index (χ0) is 12.5. The van der Waals surface area contributed by atoms with Crippen molar-refractivity contribution in [1.29, 1.82) is 0 Å². The molecule has 1 saturated heterocycles. The Kier molecular flexibility index (Phi) is 3.54. The molecule has 2 rings (SSSR count). The van der Waals surface area contributed by atoms with Gasteiger partial charge in [-0.2, -0.15) is 0 Å². The Balaban J connectivity index is 1.96. The van der Waals surface area contributed by atoms with Crippen LogP contribution in [0.4, 0.5) is 0 Å². The predicted molar refractivity (Wildman–Crippen MR) is 69.3 cm³/mol. The van der Waals surface area contributed by atoms with Crippen molar-refractivity contribution in [2.75, 3.05) is 13.1 Å². The van der Waals surface area contributed by atoms with Gasteiger partial charge in [-0.1, -0.05) is 6.92 Å². The van der Waals surface area contributed by atoms with Gasteiger partial charge in [-0.25, -0.2) is 0 Å². The highest BCUT2D eigenvalue weighted by molar-refractivity contribution is 7.11. The molecule has 1 aromatic rings. The third-order valence-corrected chi connectivity index (χ3v) is 4.73. The number of nitrogens with zero attached hydrogens (tertiary/aromatic N) is 1. The first kappa shape index (κ1) is 12.6. The summed E-state index contributed by atoms with van der Waals surface area (Å²) < 4.78 is 0. The fourth-order valence-corrected chi connectivity index (χ4v) is 3.28. The number of hydrogen-bond acceptors (Lipinski definition) is 3. The number of carbonyl (C=O) groups is 1. The minimum atomic E-state index is -0.666. The summed E-state index contributed by atoms with van der Waals surface area (Å²) in [6.45, 7) is 6.46. The first-order chi connectivity index (χ1) is 8.03. The Labute approximate surface area is 106 Å². The van der Waals surface area contributed by atoms with E-state index in [0.29, 0.717) is 6.54 Å². The van der Waals surface area contributed by atoms with E-state index in [-0.39, 0.29) is 0 Å². The van der Waals surface area contributed by atoms with Crippen molar-refractivity contribution in [3.63, 3.8) is 0 Å². The maximum Gasteiger partial charge on any atom is 0.310 e. The van der Waals surface area contributed by atoms with Crippen LogP contribution in [-0.2, 0) is 17.8 Å². The second-order valence-electron chi connectivity index (χ2n) is 5.05. The summed E-state index contributed by atoms with van der Waals surface area (Å²) in [6, 6.07) is 4.34. The summed E-state index contributed by atoms with van der Waals surface area (Å²) >= 11 is 1.84. The largest absolute Gasteiger partial charge is 0.481 e. The molecule has 1 atom stereocenters. The molecule has 0 aromatic carbocycles. The molecule has 3 nitrogen and oxygen atoms in total. The van der Waals surface area contributed by atoms with Crippen LogP contribution >= 0.6 is 11.3 Å². The fraction of sp³-hybridized carbons (Fsp3) is 0.615. The molecule has 1 aromatic heterocycles. The second-order valence-corrected chi connectivity index (χ2v) is 6.30. The average molecular weight is 253 g/mol. The normalized spacial score (nSPS) is 25.3. The van der Waals surface area contributed by atoms with E-state index in [1.54, 1.807) is 0 Å². The summed E-state index contributed by atoms with van der Waals surface area (Å²) in [4.78, 5) is 16.1. The van der Waals surface area contributed by atoms with Gasteiger partial charge in [0.25, 0.3) is 0 Å². The second kappa shape index (κ2) is 4.78. The van der Waals surface area contributed by atoms with Gasteiger partial charge in [-0.3, -0.25) is 9.69 Å². The van der Waals surface area contributed by atoms with Gasteiger partial charge in [0.05, 0.1) is 5.41 Å². The Morgan fingerprint density at radius 3 is 2.76 bits per heavy atom. The summed E-state index contributed by atoms with van der Waals surface area (Å²) in [6.07, 6.45) is 1.84. The molecular formula is C13H19NO2S. The van der Waals surface area contributed by atoms with Gasteiger partial charge >= 0.3 is 5.97 Å². The lowest BCUT2D eigenvalue weighted by molar-refractivity contribution is -0.147. The summed E-state index contributed by atoms with van der Waals surface area (Å²) in [5.74, 6) is -0.666. The van der Waals surface area contributed by atoms with E-state index in [1.807, 2.05) is 18.3 Å². The van der Waals surface area contributed by atoms with Crippen LogP contribution in [0.15, 0.2) is 12.1 Å². The highest BCUT2D eigenvalue weighted by atomic mass is 32.1. The number of thiophene rings is 1. The van der Waals surface area contributed by atoms with Crippen LogP contribution in [0.25, 0.3) is 0 Å². The van der Waals surface area contributed by atoms with Gasteiger partial charge in [-0.15, -0.1) is 11.3 Å². The highest BCUT2D eigenvalue weighted by Gasteiger charge is 2.40. The third kappa shape index (κ3) is 2.69. The lowest BCUT2D eigenvalue weighted by atomic mass is 9.90. The Bertz CT molecular complexity index is 415. The van der Waals surface area contributed by atoms with Crippen molar-refractivity contribution in [2.24, 2.45) is 5.41 Å². The molecule has 1 aliphatic heterocycles. The van der Waals surface area contributed by atoms with Crippen LogP contribution in [0.2, 0.25) is 0 Å². The minimum Gasteiger partial charge on any atom is -0.481 e. The molecule has 2 heterocycles. The molecule has 0 bridgehead atoms. The number of aliphatic carboxylic acids is 1. The van der Waals surface area contributed by atoms with Crippen molar-refractivity contribution in [2.45, 2.75) is 33.2 Å². The van der Waals surface area contributed by atoms with E-state index >= 15 is 0 Å². The number of carboxylic acids is 1. The maximum absolute atomic E-state index is 11.1. The topological polar surface area (TPSA) is 40.5 Å². The van der Waals surface area contributed by atoms with Crippen LogP contribution in [0.5, 0.6) is 0 Å². The molecule has 1 aliphatic rings. The van der Waals surface area contributed by atoms with E-state index < -0.39 is 11.4 Å². The average Bonchev–Trinajstić information content (AvgIpc) is 2.87. The first-order valence-corrected chi connectivity index (χ1v) is 6.88. The smallest absolute Gasteiger partial charge is 0.310 e.